The van der Waals surface area contributed by atoms with E-state index in [1.54, 1.807) is 18.2 Å². The van der Waals surface area contributed by atoms with E-state index in [1.165, 1.54) is 19.1 Å². The van der Waals surface area contributed by atoms with Gasteiger partial charge in [0.1, 0.15) is 6.10 Å². The van der Waals surface area contributed by atoms with E-state index in [1.807, 2.05) is 6.92 Å². The van der Waals surface area contributed by atoms with Gasteiger partial charge in [0.25, 0.3) is 0 Å². The van der Waals surface area contributed by atoms with Gasteiger partial charge in [0, 0.05) is 0 Å². The molecule has 2 aromatic rings. The lowest BCUT2D eigenvalue weighted by molar-refractivity contribution is -0.0496. The molecule has 3 rings (SSSR count). The van der Waals surface area contributed by atoms with E-state index in [0.29, 0.717) is 6.42 Å². The van der Waals surface area contributed by atoms with Crippen molar-refractivity contribution in [3.63, 3.8) is 0 Å². The Labute approximate surface area is 189 Å². The highest BCUT2D eigenvalue weighted by molar-refractivity contribution is 5.89. The minimum absolute atomic E-state index is 0.151. The lowest BCUT2D eigenvalue weighted by atomic mass is 10.1. The Balaban J connectivity index is 1.76. The van der Waals surface area contributed by atoms with Crippen molar-refractivity contribution in [2.75, 3.05) is 11.9 Å². The van der Waals surface area contributed by atoms with Gasteiger partial charge in [-0.05, 0) is 25.5 Å². The highest BCUT2D eigenvalue weighted by Gasteiger charge is 2.46. The average molecular weight is 463 g/mol. The Morgan fingerprint density at radius 2 is 2.00 bits per heavy atom. The van der Waals surface area contributed by atoms with Gasteiger partial charge < -0.3 is 19.3 Å². The number of nitrogens with one attached hydrogen (secondary N) is 1. The number of halogens is 1. The Morgan fingerprint density at radius 3 is 2.70 bits per heavy atom. The topological polar surface area (TPSA) is 129 Å². The molecule has 10 nitrogen and oxygen atoms in total. The number of aliphatic hydroxyl groups excluding tert-OH is 1. The molecule has 1 aliphatic heterocycles. The van der Waals surface area contributed by atoms with Gasteiger partial charge in [0.15, 0.2) is 24.0 Å². The van der Waals surface area contributed by atoms with Gasteiger partial charge in [-0.3, -0.25) is 9.88 Å². The number of hydrogen-bond donors (Lipinski definition) is 2. The van der Waals surface area contributed by atoms with E-state index in [-0.39, 0.29) is 12.2 Å². The van der Waals surface area contributed by atoms with E-state index < -0.39 is 53.9 Å². The minimum Gasteiger partial charge on any atom is -0.451 e. The van der Waals surface area contributed by atoms with Crippen LogP contribution in [0.1, 0.15) is 49.7 Å². The molecule has 1 aromatic carbocycles. The summed E-state index contributed by atoms with van der Waals surface area (Å²) in [7, 11) is 0. The zero-order valence-electron chi connectivity index (χ0n) is 18.3. The summed E-state index contributed by atoms with van der Waals surface area (Å²) in [6, 6.07) is 8.06. The second-order valence-corrected chi connectivity index (χ2v) is 7.55. The summed E-state index contributed by atoms with van der Waals surface area (Å²) in [5.74, 6) is -2.39. The molecule has 11 heteroatoms. The number of aromatic nitrogens is 2. The fourth-order valence-corrected chi connectivity index (χ4v) is 3.30. The molecule has 33 heavy (non-hydrogen) atoms. The van der Waals surface area contributed by atoms with E-state index in [0.717, 1.165) is 23.6 Å². The summed E-state index contributed by atoms with van der Waals surface area (Å²) < 4.78 is 31.3. The van der Waals surface area contributed by atoms with Crippen molar-refractivity contribution < 1.29 is 33.3 Å². The van der Waals surface area contributed by atoms with Crippen LogP contribution in [0.15, 0.2) is 41.3 Å². The maximum Gasteiger partial charge on any atom is 0.412 e. The second kappa shape index (κ2) is 11.0. The minimum atomic E-state index is -1.33. The molecule has 1 saturated heterocycles. The molecule has 0 aliphatic carbocycles. The zero-order valence-corrected chi connectivity index (χ0v) is 18.3. The van der Waals surface area contributed by atoms with Crippen LogP contribution in [0.2, 0.25) is 0 Å². The molecular weight excluding hydrogens is 437 g/mol. The summed E-state index contributed by atoms with van der Waals surface area (Å²) in [6.07, 6.45) is -2.41. The first-order valence-corrected chi connectivity index (χ1v) is 10.6. The number of anilines is 1. The van der Waals surface area contributed by atoms with E-state index in [4.69, 9.17) is 14.2 Å². The third kappa shape index (κ3) is 5.93. The summed E-state index contributed by atoms with van der Waals surface area (Å²) in [5.41, 5.74) is -0.749. The molecule has 1 fully saturated rings. The van der Waals surface area contributed by atoms with Gasteiger partial charge in [0.2, 0.25) is 0 Å². The second-order valence-electron chi connectivity index (χ2n) is 7.55. The van der Waals surface area contributed by atoms with Crippen molar-refractivity contribution in [2.24, 2.45) is 0 Å². The fraction of sp³-hybridized carbons (Fsp3) is 0.455. The van der Waals surface area contributed by atoms with Crippen LogP contribution in [-0.4, -0.2) is 51.6 Å². The number of carbonyl (C=O) groups is 2. The van der Waals surface area contributed by atoms with Crippen LogP contribution in [0.3, 0.4) is 0 Å². The van der Waals surface area contributed by atoms with Crippen molar-refractivity contribution >= 4 is 17.9 Å². The monoisotopic (exact) mass is 463 g/mol. The highest BCUT2D eigenvalue weighted by atomic mass is 19.1. The number of amides is 1. The SMILES string of the molecule is CCCCCOC(=O)Nc1nc(=O)n([C@@H]2O[C@H](C)[C@@H](O)[C@H]2OC(=O)c2ccccc2)cc1F. The van der Waals surface area contributed by atoms with Crippen molar-refractivity contribution in [3.8, 4) is 0 Å². The van der Waals surface area contributed by atoms with Gasteiger partial charge in [0.05, 0.1) is 24.5 Å². The summed E-state index contributed by atoms with van der Waals surface area (Å²) in [5, 5.41) is 12.5. The molecule has 1 amide bonds. The van der Waals surface area contributed by atoms with Crippen LogP contribution in [0, 0.1) is 5.82 Å². The Hall–Kier alpha value is -3.31. The predicted octanol–water partition coefficient (Wildman–Crippen LogP) is 2.62. The lowest BCUT2D eigenvalue weighted by Gasteiger charge is -2.22. The highest BCUT2D eigenvalue weighted by Crippen LogP contribution is 2.31. The van der Waals surface area contributed by atoms with Crippen LogP contribution >= 0.6 is 0 Å². The Bertz CT molecular complexity index is 1030. The largest absolute Gasteiger partial charge is 0.451 e. The third-order valence-corrected chi connectivity index (χ3v) is 5.09. The van der Waals surface area contributed by atoms with Crippen LogP contribution in [0.4, 0.5) is 15.0 Å². The Kier molecular flexibility index (Phi) is 8.12. The normalized spacial score (nSPS) is 22.1. The van der Waals surface area contributed by atoms with Crippen molar-refractivity contribution in [2.45, 2.75) is 57.6 Å². The first-order chi connectivity index (χ1) is 15.8. The predicted molar refractivity (Wildman–Crippen MR) is 114 cm³/mol. The maximum absolute atomic E-state index is 14.6. The van der Waals surface area contributed by atoms with Crippen LogP contribution < -0.4 is 11.0 Å². The number of esters is 1. The first-order valence-electron chi connectivity index (χ1n) is 10.6. The molecule has 0 unspecified atom stereocenters. The van der Waals surface area contributed by atoms with E-state index in [9.17, 15) is 23.9 Å². The number of benzene rings is 1. The van der Waals surface area contributed by atoms with Gasteiger partial charge in [-0.25, -0.2) is 18.8 Å². The standard InChI is InChI=1S/C22H26FN3O7/c1-3-4-8-11-31-22(30)25-18-15(23)12-26(21(29)24-18)19-17(16(27)13(2)32-19)33-20(28)14-9-6-5-7-10-14/h5-7,9-10,12-13,16-17,19,27H,3-4,8,11H2,1-2H3,(H,24,25,29,30)/t13-,16-,17-,19-/m1/s1. The summed E-state index contributed by atoms with van der Waals surface area (Å²) in [6.45, 7) is 3.67. The molecule has 1 aromatic heterocycles. The quantitative estimate of drug-likeness (QED) is 0.452. The number of carbonyl (C=O) groups excluding carboxylic acids is 2. The van der Waals surface area contributed by atoms with Crippen molar-refractivity contribution in [1.29, 1.82) is 0 Å². The molecule has 4 atom stereocenters. The first kappa shape index (κ1) is 24.3. The molecule has 1 aliphatic rings. The number of rotatable bonds is 8. The molecule has 0 saturated carbocycles. The summed E-state index contributed by atoms with van der Waals surface area (Å²) in [4.78, 5) is 40.4. The molecule has 0 bridgehead atoms. The Morgan fingerprint density at radius 1 is 1.27 bits per heavy atom. The average Bonchev–Trinajstić information content (AvgIpc) is 3.07. The number of unbranched alkanes of at least 4 members (excludes halogenated alkanes) is 2. The molecule has 0 radical (unpaired) electrons. The van der Waals surface area contributed by atoms with Crippen molar-refractivity contribution in [1.82, 2.24) is 9.55 Å². The van der Waals surface area contributed by atoms with Gasteiger partial charge in [-0.1, -0.05) is 38.0 Å². The smallest absolute Gasteiger partial charge is 0.412 e. The van der Waals surface area contributed by atoms with Crippen LogP contribution in [-0.2, 0) is 14.2 Å². The molecule has 0 spiro atoms. The number of nitrogens with zero attached hydrogens (tertiary/aromatic N) is 2. The molecule has 2 N–H and O–H groups in total. The third-order valence-electron chi connectivity index (χ3n) is 5.09. The van der Waals surface area contributed by atoms with E-state index >= 15 is 0 Å². The number of aliphatic hydroxyl groups is 1. The zero-order chi connectivity index (χ0) is 24.0. The van der Waals surface area contributed by atoms with Gasteiger partial charge >= 0.3 is 17.8 Å². The van der Waals surface area contributed by atoms with Crippen LogP contribution in [0.5, 0.6) is 0 Å². The number of hydrogen-bond acceptors (Lipinski definition) is 8. The van der Waals surface area contributed by atoms with Crippen LogP contribution in [0.25, 0.3) is 0 Å². The molecular formula is C22H26FN3O7. The number of ether oxygens (including phenoxy) is 3. The fourth-order valence-electron chi connectivity index (χ4n) is 3.30. The summed E-state index contributed by atoms with van der Waals surface area (Å²) >= 11 is 0. The molecule has 2 heterocycles. The van der Waals surface area contributed by atoms with Gasteiger partial charge in [-0.2, -0.15) is 4.98 Å². The van der Waals surface area contributed by atoms with Gasteiger partial charge in [-0.15, -0.1) is 0 Å². The lowest BCUT2D eigenvalue weighted by Crippen LogP contribution is -2.39. The molecule has 178 valence electrons. The maximum atomic E-state index is 14.6. The van der Waals surface area contributed by atoms with Crippen molar-refractivity contribution in [3.05, 3.63) is 58.4 Å². The van der Waals surface area contributed by atoms with E-state index in [2.05, 4.69) is 10.3 Å².